The Morgan fingerprint density at radius 2 is 1.59 bits per heavy atom. The molecule has 1 aliphatic carbocycles. The van der Waals surface area contributed by atoms with E-state index < -0.39 is 10.1 Å². The van der Waals surface area contributed by atoms with Gasteiger partial charge in [-0.3, -0.25) is 0 Å². The normalized spacial score (nSPS) is 14.2. The quantitative estimate of drug-likeness (QED) is 0.811. The van der Waals surface area contributed by atoms with E-state index in [0.29, 0.717) is 5.75 Å². The molecule has 0 bridgehead atoms. The van der Waals surface area contributed by atoms with Gasteiger partial charge in [-0.1, -0.05) is 18.2 Å². The molecule has 0 aliphatic heterocycles. The highest BCUT2D eigenvalue weighted by atomic mass is 32.2. The van der Waals surface area contributed by atoms with E-state index in [1.807, 2.05) is 6.07 Å². The highest BCUT2D eigenvalue weighted by Crippen LogP contribution is 2.30. The van der Waals surface area contributed by atoms with Crippen molar-refractivity contribution in [2.45, 2.75) is 30.6 Å². The van der Waals surface area contributed by atoms with Crippen LogP contribution in [0.4, 0.5) is 0 Å². The van der Waals surface area contributed by atoms with Gasteiger partial charge in [0.15, 0.2) is 11.5 Å². The van der Waals surface area contributed by atoms with Crippen molar-refractivity contribution in [1.82, 2.24) is 0 Å². The highest BCUT2D eigenvalue weighted by molar-refractivity contribution is 7.87. The number of aryl methyl sites for hydroxylation is 2. The molecule has 2 aromatic rings. The molecule has 1 aliphatic rings. The molecule has 0 spiro atoms. The van der Waals surface area contributed by atoms with Crippen molar-refractivity contribution in [3.8, 4) is 11.5 Å². The summed E-state index contributed by atoms with van der Waals surface area (Å²) in [6.45, 7) is 0. The lowest BCUT2D eigenvalue weighted by Crippen LogP contribution is -2.12. The first-order valence-electron chi connectivity index (χ1n) is 7.29. The zero-order valence-corrected chi connectivity index (χ0v) is 13.2. The van der Waals surface area contributed by atoms with Gasteiger partial charge in [0.25, 0.3) is 0 Å². The first-order valence-corrected chi connectivity index (χ1v) is 8.70. The van der Waals surface area contributed by atoms with E-state index in [1.165, 1.54) is 12.7 Å². The van der Waals surface area contributed by atoms with Crippen molar-refractivity contribution in [1.29, 1.82) is 0 Å². The zero-order chi connectivity index (χ0) is 15.6. The minimum absolute atomic E-state index is 0.194. The Morgan fingerprint density at radius 1 is 0.909 bits per heavy atom. The third kappa shape index (κ3) is 2.95. The number of methoxy groups -OCH3 is 1. The molecular weight excluding hydrogens is 300 g/mol. The predicted octanol–water partition coefficient (Wildman–Crippen LogP) is 3.34. The van der Waals surface area contributed by atoms with Crippen LogP contribution in [-0.2, 0) is 23.0 Å². The minimum Gasteiger partial charge on any atom is -0.493 e. The Labute approximate surface area is 130 Å². The van der Waals surface area contributed by atoms with E-state index >= 15 is 0 Å². The van der Waals surface area contributed by atoms with Gasteiger partial charge in [0.05, 0.1) is 7.11 Å². The summed E-state index contributed by atoms with van der Waals surface area (Å²) >= 11 is 0. The molecule has 2 aromatic carbocycles. The smallest absolute Gasteiger partial charge is 0.339 e. The molecule has 0 radical (unpaired) electrons. The summed E-state index contributed by atoms with van der Waals surface area (Å²) < 4.78 is 35.3. The average Bonchev–Trinajstić information content (AvgIpc) is 2.54. The number of fused-ring (bicyclic) bond motifs is 1. The molecule has 0 saturated carbocycles. The van der Waals surface area contributed by atoms with Gasteiger partial charge in [-0.15, -0.1) is 0 Å². The summed E-state index contributed by atoms with van der Waals surface area (Å²) in [6, 6.07) is 12.0. The van der Waals surface area contributed by atoms with E-state index in [0.717, 1.165) is 31.2 Å². The Hall–Kier alpha value is -2.01. The van der Waals surface area contributed by atoms with Crippen molar-refractivity contribution >= 4 is 10.1 Å². The van der Waals surface area contributed by atoms with Gasteiger partial charge in [-0.05, 0) is 61.1 Å². The number of hydrogen-bond donors (Lipinski definition) is 0. The third-order valence-corrected chi connectivity index (χ3v) is 5.11. The van der Waals surface area contributed by atoms with E-state index in [-0.39, 0.29) is 10.6 Å². The number of para-hydroxylation sites is 2. The fourth-order valence-electron chi connectivity index (χ4n) is 2.72. The Bertz CT molecular complexity index is 781. The number of hydrogen-bond acceptors (Lipinski definition) is 4. The van der Waals surface area contributed by atoms with E-state index in [2.05, 4.69) is 0 Å². The highest BCUT2D eigenvalue weighted by Gasteiger charge is 2.21. The topological polar surface area (TPSA) is 52.6 Å². The fraction of sp³-hybridized carbons (Fsp3) is 0.294. The standard InChI is InChI=1S/C17H18O4S/c1-20-16-8-4-5-9-17(16)21-22(18,19)15-11-10-13-6-2-3-7-14(13)12-15/h4-5,8-12H,2-3,6-7H2,1H3. The molecule has 0 amide bonds. The molecule has 116 valence electrons. The molecule has 0 saturated heterocycles. The van der Waals surface area contributed by atoms with E-state index in [4.69, 9.17) is 8.92 Å². The van der Waals surface area contributed by atoms with Gasteiger partial charge >= 0.3 is 10.1 Å². The van der Waals surface area contributed by atoms with E-state index in [9.17, 15) is 8.42 Å². The molecule has 4 nitrogen and oxygen atoms in total. The molecule has 0 fully saturated rings. The molecule has 3 rings (SSSR count). The summed E-state index contributed by atoms with van der Waals surface area (Å²) in [5.41, 5.74) is 2.35. The monoisotopic (exact) mass is 318 g/mol. The molecule has 22 heavy (non-hydrogen) atoms. The second kappa shape index (κ2) is 6.01. The van der Waals surface area contributed by atoms with Crippen molar-refractivity contribution in [3.05, 3.63) is 53.6 Å². The molecule has 5 heteroatoms. The van der Waals surface area contributed by atoms with Gasteiger partial charge in [0.1, 0.15) is 4.90 Å². The second-order valence-corrected chi connectivity index (χ2v) is 6.87. The first kappa shape index (κ1) is 14.9. The van der Waals surface area contributed by atoms with Crippen LogP contribution in [0, 0.1) is 0 Å². The lowest BCUT2D eigenvalue weighted by molar-refractivity contribution is 0.390. The van der Waals surface area contributed by atoms with Crippen LogP contribution in [0.15, 0.2) is 47.4 Å². The largest absolute Gasteiger partial charge is 0.493 e. The summed E-state index contributed by atoms with van der Waals surface area (Å²) in [5.74, 6) is 0.590. The minimum atomic E-state index is -3.86. The van der Waals surface area contributed by atoms with Crippen LogP contribution in [0.25, 0.3) is 0 Å². The molecule has 0 heterocycles. The molecular formula is C17H18O4S. The van der Waals surface area contributed by atoms with Gasteiger partial charge < -0.3 is 8.92 Å². The van der Waals surface area contributed by atoms with Crippen LogP contribution in [-0.4, -0.2) is 15.5 Å². The van der Waals surface area contributed by atoms with Crippen molar-refractivity contribution in [2.75, 3.05) is 7.11 Å². The second-order valence-electron chi connectivity index (χ2n) is 5.33. The van der Waals surface area contributed by atoms with E-state index in [1.54, 1.807) is 36.4 Å². The third-order valence-electron chi connectivity index (χ3n) is 3.88. The zero-order valence-electron chi connectivity index (χ0n) is 12.4. The number of rotatable bonds is 4. The van der Waals surface area contributed by atoms with Gasteiger partial charge in [0.2, 0.25) is 0 Å². The Kier molecular flexibility index (Phi) is 4.07. The number of ether oxygens (including phenoxy) is 1. The maximum atomic E-state index is 12.5. The van der Waals surface area contributed by atoms with Crippen molar-refractivity contribution in [3.63, 3.8) is 0 Å². The lowest BCUT2D eigenvalue weighted by atomic mass is 9.92. The summed E-state index contributed by atoms with van der Waals surface area (Å²) in [4.78, 5) is 0.194. The summed E-state index contributed by atoms with van der Waals surface area (Å²) in [5, 5.41) is 0. The first-order chi connectivity index (χ1) is 10.6. The molecule has 0 N–H and O–H groups in total. The Morgan fingerprint density at radius 3 is 2.32 bits per heavy atom. The van der Waals surface area contributed by atoms with Crippen molar-refractivity contribution in [2.24, 2.45) is 0 Å². The lowest BCUT2D eigenvalue weighted by Gasteiger charge is -2.17. The number of benzene rings is 2. The molecule has 0 unspecified atom stereocenters. The van der Waals surface area contributed by atoms with Crippen LogP contribution in [0.3, 0.4) is 0 Å². The maximum absolute atomic E-state index is 12.5. The molecule has 0 atom stereocenters. The van der Waals surface area contributed by atoms with Crippen LogP contribution >= 0.6 is 0 Å². The van der Waals surface area contributed by atoms with Gasteiger partial charge in [0, 0.05) is 0 Å². The predicted molar refractivity (Wildman–Crippen MR) is 83.9 cm³/mol. The summed E-state index contributed by atoms with van der Waals surface area (Å²) in [7, 11) is -2.38. The van der Waals surface area contributed by atoms with Crippen LogP contribution in [0.2, 0.25) is 0 Å². The van der Waals surface area contributed by atoms with Crippen LogP contribution in [0.5, 0.6) is 11.5 Å². The fourth-order valence-corrected chi connectivity index (χ4v) is 3.71. The summed E-state index contributed by atoms with van der Waals surface area (Å²) in [6.07, 6.45) is 4.21. The SMILES string of the molecule is COc1ccccc1OS(=O)(=O)c1ccc2c(c1)CCCC2. The maximum Gasteiger partial charge on any atom is 0.339 e. The van der Waals surface area contributed by atoms with Crippen molar-refractivity contribution < 1.29 is 17.3 Å². The Balaban J connectivity index is 1.93. The van der Waals surface area contributed by atoms with Gasteiger partial charge in [-0.2, -0.15) is 8.42 Å². The average molecular weight is 318 g/mol. The molecule has 0 aromatic heterocycles. The van der Waals surface area contributed by atoms with Gasteiger partial charge in [-0.25, -0.2) is 0 Å². The van der Waals surface area contributed by atoms with Crippen LogP contribution < -0.4 is 8.92 Å². The van der Waals surface area contributed by atoms with Crippen LogP contribution in [0.1, 0.15) is 24.0 Å².